The van der Waals surface area contributed by atoms with Crippen LogP contribution in [0.25, 0.3) is 10.8 Å². The van der Waals surface area contributed by atoms with Gasteiger partial charge in [-0.1, -0.05) is 36.4 Å². The van der Waals surface area contributed by atoms with Crippen LogP contribution in [0.1, 0.15) is 10.4 Å². The van der Waals surface area contributed by atoms with Crippen molar-refractivity contribution in [2.24, 2.45) is 0 Å². The van der Waals surface area contributed by atoms with E-state index >= 15 is 0 Å². The topological polar surface area (TPSA) is 118 Å². The molecule has 8 nitrogen and oxygen atoms in total. The Hall–Kier alpha value is -3.72. The molecule has 0 spiro atoms. The molecule has 134 valence electrons. The quantitative estimate of drug-likeness (QED) is 0.395. The number of benzene rings is 2. The lowest BCUT2D eigenvalue weighted by Gasteiger charge is -2.13. The van der Waals surface area contributed by atoms with Crippen LogP contribution in [0.15, 0.2) is 60.4 Å². The molecule has 0 aliphatic heterocycles. The molecule has 0 saturated heterocycles. The molecule has 0 radical (unpaired) electrons. The Morgan fingerprint density at radius 3 is 2.67 bits per heavy atom. The van der Waals surface area contributed by atoms with E-state index in [0.717, 1.165) is 10.8 Å². The Labute approximate surface area is 158 Å². The molecule has 9 heteroatoms. The van der Waals surface area contributed by atoms with E-state index in [-0.39, 0.29) is 17.4 Å². The fraction of sp³-hybridized carbons (Fsp3) is 0. The SMILES string of the molecule is Nc1c(NNC(=O)c2cccc3ccccc23)ncnc1Nc1nccs1. The van der Waals surface area contributed by atoms with Crippen LogP contribution in [-0.4, -0.2) is 20.9 Å². The highest BCUT2D eigenvalue weighted by molar-refractivity contribution is 7.13. The van der Waals surface area contributed by atoms with Crippen molar-refractivity contribution in [2.45, 2.75) is 0 Å². The summed E-state index contributed by atoms with van der Waals surface area (Å²) in [6.07, 6.45) is 3.02. The number of anilines is 4. The van der Waals surface area contributed by atoms with Gasteiger partial charge in [0.25, 0.3) is 5.91 Å². The van der Waals surface area contributed by atoms with Gasteiger partial charge in [0.05, 0.1) is 0 Å². The number of nitrogens with one attached hydrogen (secondary N) is 3. The first kappa shape index (κ1) is 16.7. The zero-order chi connectivity index (χ0) is 18.6. The number of nitrogens with two attached hydrogens (primary N) is 1. The molecule has 0 aliphatic rings. The largest absolute Gasteiger partial charge is 0.393 e. The molecule has 0 aliphatic carbocycles. The minimum atomic E-state index is -0.292. The van der Waals surface area contributed by atoms with E-state index in [4.69, 9.17) is 5.73 Å². The Morgan fingerprint density at radius 1 is 1.00 bits per heavy atom. The third-order valence-corrected chi connectivity index (χ3v) is 4.56. The fourth-order valence-corrected chi connectivity index (χ4v) is 3.12. The number of thiazole rings is 1. The van der Waals surface area contributed by atoms with Gasteiger partial charge in [-0.05, 0) is 16.8 Å². The summed E-state index contributed by atoms with van der Waals surface area (Å²) < 4.78 is 0. The molecule has 2 aromatic carbocycles. The third kappa shape index (κ3) is 3.48. The number of nitrogen functional groups attached to an aromatic ring is 1. The molecule has 4 aromatic rings. The minimum Gasteiger partial charge on any atom is -0.393 e. The second kappa shape index (κ2) is 7.26. The first-order valence-electron chi connectivity index (χ1n) is 8.03. The van der Waals surface area contributed by atoms with Gasteiger partial charge in [-0.2, -0.15) is 0 Å². The number of amides is 1. The Morgan fingerprint density at radius 2 is 1.81 bits per heavy atom. The predicted octanol–water partition coefficient (Wildman–Crippen LogP) is 3.17. The van der Waals surface area contributed by atoms with Crippen LogP contribution in [0.3, 0.4) is 0 Å². The van der Waals surface area contributed by atoms with Crippen LogP contribution in [0.5, 0.6) is 0 Å². The number of aromatic nitrogens is 3. The standard InChI is InChI=1S/C18H15N7OS/c19-14-15(23-18-20-8-9-27-18)21-10-22-16(14)24-25-17(26)13-7-3-5-11-4-1-2-6-12(11)13/h1-10H,19H2,(H,25,26)(H2,20,21,22,23,24). The molecule has 4 rings (SSSR count). The molecule has 2 aromatic heterocycles. The van der Waals surface area contributed by atoms with E-state index in [1.807, 2.05) is 41.8 Å². The van der Waals surface area contributed by atoms with E-state index in [1.165, 1.54) is 17.7 Å². The van der Waals surface area contributed by atoms with Crippen LogP contribution in [-0.2, 0) is 0 Å². The molecular weight excluding hydrogens is 362 g/mol. The lowest BCUT2D eigenvalue weighted by molar-refractivity contribution is 0.0964. The van der Waals surface area contributed by atoms with E-state index < -0.39 is 0 Å². The molecule has 0 atom stereocenters. The molecular formula is C18H15N7OS. The first-order valence-corrected chi connectivity index (χ1v) is 8.91. The monoisotopic (exact) mass is 377 g/mol. The summed E-state index contributed by atoms with van der Waals surface area (Å²) in [5.41, 5.74) is 12.3. The van der Waals surface area contributed by atoms with Crippen molar-refractivity contribution in [1.29, 1.82) is 0 Å². The normalized spacial score (nSPS) is 10.5. The number of carbonyl (C=O) groups is 1. The van der Waals surface area contributed by atoms with Gasteiger partial charge in [-0.3, -0.25) is 15.6 Å². The highest BCUT2D eigenvalue weighted by Crippen LogP contribution is 2.26. The van der Waals surface area contributed by atoms with Crippen LogP contribution >= 0.6 is 11.3 Å². The first-order chi connectivity index (χ1) is 13.2. The highest BCUT2D eigenvalue weighted by Gasteiger charge is 2.12. The number of hydrogen-bond donors (Lipinski definition) is 4. The lowest BCUT2D eigenvalue weighted by Crippen LogP contribution is -2.30. The van der Waals surface area contributed by atoms with Crippen LogP contribution in [0, 0.1) is 0 Å². The zero-order valence-electron chi connectivity index (χ0n) is 14.0. The highest BCUT2D eigenvalue weighted by atomic mass is 32.1. The van der Waals surface area contributed by atoms with Gasteiger partial charge in [0.15, 0.2) is 16.8 Å². The number of nitrogens with zero attached hydrogens (tertiary/aromatic N) is 3. The van der Waals surface area contributed by atoms with E-state index in [1.54, 1.807) is 12.3 Å². The summed E-state index contributed by atoms with van der Waals surface area (Å²) in [5, 5.41) is 7.36. The summed E-state index contributed by atoms with van der Waals surface area (Å²) in [6, 6.07) is 13.2. The predicted molar refractivity (Wildman–Crippen MR) is 107 cm³/mol. The summed E-state index contributed by atoms with van der Waals surface area (Å²) in [4.78, 5) is 24.9. The Balaban J connectivity index is 1.52. The number of hydrazine groups is 1. The number of carbonyl (C=O) groups excluding carboxylic acids is 1. The smallest absolute Gasteiger partial charge is 0.270 e. The summed E-state index contributed by atoms with van der Waals surface area (Å²) in [6.45, 7) is 0. The van der Waals surface area contributed by atoms with Crippen molar-refractivity contribution >= 4 is 50.5 Å². The van der Waals surface area contributed by atoms with E-state index in [2.05, 4.69) is 31.1 Å². The Bertz CT molecular complexity index is 1090. The van der Waals surface area contributed by atoms with Gasteiger partial charge in [-0.15, -0.1) is 11.3 Å². The molecule has 27 heavy (non-hydrogen) atoms. The van der Waals surface area contributed by atoms with Crippen LogP contribution in [0.2, 0.25) is 0 Å². The molecule has 5 N–H and O–H groups in total. The molecule has 0 bridgehead atoms. The van der Waals surface area contributed by atoms with Crippen LogP contribution in [0.4, 0.5) is 22.5 Å². The minimum absolute atomic E-state index is 0.269. The van der Waals surface area contributed by atoms with Gasteiger partial charge in [0, 0.05) is 17.1 Å². The van der Waals surface area contributed by atoms with Crippen molar-refractivity contribution < 1.29 is 4.79 Å². The van der Waals surface area contributed by atoms with Gasteiger partial charge >= 0.3 is 0 Å². The molecule has 0 saturated carbocycles. The zero-order valence-corrected chi connectivity index (χ0v) is 14.8. The second-order valence-corrected chi connectivity index (χ2v) is 6.45. The lowest BCUT2D eigenvalue weighted by atomic mass is 10.0. The fourth-order valence-electron chi connectivity index (χ4n) is 2.59. The van der Waals surface area contributed by atoms with Gasteiger partial charge in [0.2, 0.25) is 0 Å². The van der Waals surface area contributed by atoms with Crippen molar-refractivity contribution in [2.75, 3.05) is 16.5 Å². The average molecular weight is 377 g/mol. The number of rotatable bonds is 5. The average Bonchev–Trinajstić information content (AvgIpc) is 3.21. The number of fused-ring (bicyclic) bond motifs is 1. The van der Waals surface area contributed by atoms with Crippen LogP contribution < -0.4 is 21.9 Å². The molecule has 2 heterocycles. The summed E-state index contributed by atoms with van der Waals surface area (Å²) >= 11 is 1.42. The van der Waals surface area contributed by atoms with Gasteiger partial charge in [0.1, 0.15) is 12.0 Å². The maximum absolute atomic E-state index is 12.6. The van der Waals surface area contributed by atoms with E-state index in [9.17, 15) is 4.79 Å². The van der Waals surface area contributed by atoms with Gasteiger partial charge < -0.3 is 11.1 Å². The van der Waals surface area contributed by atoms with Crippen molar-refractivity contribution in [3.8, 4) is 0 Å². The summed E-state index contributed by atoms with van der Waals surface area (Å²) in [5.74, 6) is 0.402. The van der Waals surface area contributed by atoms with Crippen molar-refractivity contribution in [1.82, 2.24) is 20.4 Å². The molecule has 1 amide bonds. The third-order valence-electron chi connectivity index (χ3n) is 3.87. The molecule has 0 unspecified atom stereocenters. The second-order valence-electron chi connectivity index (χ2n) is 5.55. The van der Waals surface area contributed by atoms with Crippen molar-refractivity contribution in [3.05, 3.63) is 65.9 Å². The van der Waals surface area contributed by atoms with E-state index in [0.29, 0.717) is 16.5 Å². The van der Waals surface area contributed by atoms with Crippen molar-refractivity contribution in [3.63, 3.8) is 0 Å². The maximum atomic E-state index is 12.6. The Kier molecular flexibility index (Phi) is 4.50. The van der Waals surface area contributed by atoms with Gasteiger partial charge in [-0.25, -0.2) is 15.0 Å². The molecule has 0 fully saturated rings. The maximum Gasteiger partial charge on any atom is 0.270 e. The number of hydrogen-bond acceptors (Lipinski definition) is 8. The summed E-state index contributed by atoms with van der Waals surface area (Å²) in [7, 11) is 0.